The monoisotopic (exact) mass is 235 g/mol. The topological polar surface area (TPSA) is 58.6 Å². The van der Waals surface area contributed by atoms with Crippen molar-refractivity contribution >= 4 is 19.0 Å². The molecule has 0 aliphatic rings. The van der Waals surface area contributed by atoms with Gasteiger partial charge in [0, 0.05) is 6.54 Å². The van der Waals surface area contributed by atoms with Gasteiger partial charge in [-0.3, -0.25) is 0 Å². The molecule has 1 aromatic rings. The molecule has 1 amide bonds. The van der Waals surface area contributed by atoms with Crippen molar-refractivity contribution in [2.45, 2.75) is 32.9 Å². The Kier molecular flexibility index (Phi) is 4.58. The minimum absolute atomic E-state index is 0.0276. The Morgan fingerprint density at radius 1 is 1.35 bits per heavy atom. The zero-order valence-corrected chi connectivity index (χ0v) is 10.5. The smallest absolute Gasteiger partial charge is 0.407 e. The van der Waals surface area contributed by atoms with Gasteiger partial charge in [-0.05, 0) is 26.3 Å². The van der Waals surface area contributed by atoms with Crippen molar-refractivity contribution in [2.75, 3.05) is 0 Å². The maximum absolute atomic E-state index is 11.4. The minimum atomic E-state index is -0.481. The number of alkyl carbamates (subject to hydrolysis) is 1. The first kappa shape index (κ1) is 13.6. The second kappa shape index (κ2) is 5.73. The lowest BCUT2D eigenvalue weighted by Gasteiger charge is -2.19. The molecule has 0 aliphatic heterocycles. The van der Waals surface area contributed by atoms with E-state index in [1.807, 2.05) is 45.0 Å². The third-order valence-corrected chi connectivity index (χ3v) is 2.04. The highest BCUT2D eigenvalue weighted by atomic mass is 16.6. The number of hydrogen-bond donors (Lipinski definition) is 2. The lowest BCUT2D eigenvalue weighted by Crippen LogP contribution is -2.32. The van der Waals surface area contributed by atoms with Crippen LogP contribution in [-0.4, -0.2) is 24.2 Å². The number of rotatable bonds is 3. The zero-order valence-electron chi connectivity index (χ0n) is 10.5. The Balaban J connectivity index is 2.42. The van der Waals surface area contributed by atoms with E-state index in [4.69, 9.17) is 9.76 Å². The van der Waals surface area contributed by atoms with E-state index in [0.29, 0.717) is 6.54 Å². The van der Waals surface area contributed by atoms with Crippen molar-refractivity contribution < 1.29 is 14.6 Å². The molecule has 4 nitrogen and oxygen atoms in total. The van der Waals surface area contributed by atoms with Crippen LogP contribution in [-0.2, 0) is 11.3 Å². The van der Waals surface area contributed by atoms with E-state index in [-0.39, 0.29) is 7.48 Å². The number of carbonyl (C=O) groups is 1. The molecule has 2 N–H and O–H groups in total. The normalized spacial score (nSPS) is 10.8. The van der Waals surface area contributed by atoms with E-state index in [1.165, 1.54) is 0 Å². The SMILES string of the molecule is CC(C)(C)OC(=O)NCc1ccc(BO)cc1. The van der Waals surface area contributed by atoms with E-state index in [9.17, 15) is 4.79 Å². The van der Waals surface area contributed by atoms with Crippen LogP contribution in [0.5, 0.6) is 0 Å². The summed E-state index contributed by atoms with van der Waals surface area (Å²) in [6.45, 7) is 5.88. The highest BCUT2D eigenvalue weighted by molar-refractivity contribution is 6.45. The van der Waals surface area contributed by atoms with Crippen LogP contribution in [0.2, 0.25) is 0 Å². The fraction of sp³-hybridized carbons (Fsp3) is 0.417. The van der Waals surface area contributed by atoms with E-state index >= 15 is 0 Å². The van der Waals surface area contributed by atoms with Gasteiger partial charge in [0.25, 0.3) is 0 Å². The molecule has 0 fully saturated rings. The van der Waals surface area contributed by atoms with Crippen molar-refractivity contribution in [3.05, 3.63) is 29.8 Å². The largest absolute Gasteiger partial charge is 0.449 e. The molecule has 0 aliphatic carbocycles. The Hall–Kier alpha value is -1.49. The molecule has 1 aromatic carbocycles. The molecule has 17 heavy (non-hydrogen) atoms. The van der Waals surface area contributed by atoms with Crippen LogP contribution in [0.25, 0.3) is 0 Å². The molecule has 0 atom stereocenters. The first-order valence-corrected chi connectivity index (χ1v) is 5.56. The van der Waals surface area contributed by atoms with Crippen LogP contribution >= 0.6 is 0 Å². The molecule has 0 heterocycles. The second-order valence-corrected chi connectivity index (χ2v) is 4.83. The standard InChI is InChI=1S/C12H18BNO3/c1-12(2,3)17-11(15)14-8-9-4-6-10(13-16)7-5-9/h4-7,13,16H,8H2,1-3H3,(H,14,15). The molecule has 0 saturated heterocycles. The van der Waals surface area contributed by atoms with Gasteiger partial charge in [-0.25, -0.2) is 4.79 Å². The fourth-order valence-corrected chi connectivity index (χ4v) is 1.25. The van der Waals surface area contributed by atoms with E-state index < -0.39 is 11.7 Å². The third kappa shape index (κ3) is 5.40. The average molecular weight is 235 g/mol. The van der Waals surface area contributed by atoms with Gasteiger partial charge in [-0.1, -0.05) is 29.7 Å². The molecule has 0 spiro atoms. The molecule has 0 radical (unpaired) electrons. The third-order valence-electron chi connectivity index (χ3n) is 2.04. The van der Waals surface area contributed by atoms with Gasteiger partial charge >= 0.3 is 13.6 Å². The number of nitrogens with one attached hydrogen (secondary N) is 1. The van der Waals surface area contributed by atoms with Gasteiger partial charge in [0.2, 0.25) is 0 Å². The molecular formula is C12H18BNO3. The number of carbonyl (C=O) groups excluding carboxylic acids is 1. The summed E-state index contributed by atoms with van der Waals surface area (Å²) in [5.74, 6) is 0. The van der Waals surface area contributed by atoms with Crippen LogP contribution in [0.1, 0.15) is 26.3 Å². The van der Waals surface area contributed by atoms with Gasteiger partial charge in [-0.15, -0.1) is 0 Å². The van der Waals surface area contributed by atoms with Crippen molar-refractivity contribution in [2.24, 2.45) is 0 Å². The quantitative estimate of drug-likeness (QED) is 0.757. The fourth-order valence-electron chi connectivity index (χ4n) is 1.25. The highest BCUT2D eigenvalue weighted by Gasteiger charge is 2.15. The van der Waals surface area contributed by atoms with Gasteiger partial charge in [0.05, 0.1) is 0 Å². The van der Waals surface area contributed by atoms with Gasteiger partial charge in [-0.2, -0.15) is 0 Å². The number of benzene rings is 1. The predicted octanol–water partition coefficient (Wildman–Crippen LogP) is 0.680. The van der Waals surface area contributed by atoms with Crippen molar-refractivity contribution in [1.29, 1.82) is 0 Å². The van der Waals surface area contributed by atoms with Crippen molar-refractivity contribution in [3.63, 3.8) is 0 Å². The van der Waals surface area contributed by atoms with Crippen molar-refractivity contribution in [3.8, 4) is 0 Å². The van der Waals surface area contributed by atoms with E-state index in [2.05, 4.69) is 5.32 Å². The maximum atomic E-state index is 11.4. The molecular weight excluding hydrogens is 217 g/mol. The van der Waals surface area contributed by atoms with Crippen molar-refractivity contribution in [1.82, 2.24) is 5.32 Å². The van der Waals surface area contributed by atoms with Crippen LogP contribution < -0.4 is 10.8 Å². The van der Waals surface area contributed by atoms with Gasteiger partial charge in [0.15, 0.2) is 0 Å². The lowest BCUT2D eigenvalue weighted by molar-refractivity contribution is 0.0523. The summed E-state index contributed by atoms with van der Waals surface area (Å²) >= 11 is 0. The molecule has 0 saturated carbocycles. The summed E-state index contributed by atoms with van der Waals surface area (Å²) in [5.41, 5.74) is 1.34. The average Bonchev–Trinajstić information content (AvgIpc) is 2.25. The first-order valence-electron chi connectivity index (χ1n) is 5.56. The maximum Gasteiger partial charge on any atom is 0.407 e. The Morgan fingerprint density at radius 2 is 1.94 bits per heavy atom. The zero-order chi connectivity index (χ0) is 12.9. The Morgan fingerprint density at radius 3 is 2.41 bits per heavy atom. The minimum Gasteiger partial charge on any atom is -0.449 e. The Labute approximate surface area is 102 Å². The van der Waals surface area contributed by atoms with Crippen LogP contribution in [0.3, 0.4) is 0 Å². The molecule has 0 bridgehead atoms. The lowest BCUT2D eigenvalue weighted by atomic mass is 9.88. The number of amides is 1. The van der Waals surface area contributed by atoms with E-state index in [1.54, 1.807) is 0 Å². The van der Waals surface area contributed by atoms with Gasteiger partial charge < -0.3 is 15.1 Å². The Bertz CT molecular complexity index is 370. The van der Waals surface area contributed by atoms with Crippen LogP contribution in [0.15, 0.2) is 24.3 Å². The second-order valence-electron chi connectivity index (χ2n) is 4.83. The predicted molar refractivity (Wildman–Crippen MR) is 68.5 cm³/mol. The summed E-state index contributed by atoms with van der Waals surface area (Å²) < 4.78 is 5.11. The highest BCUT2D eigenvalue weighted by Crippen LogP contribution is 2.06. The molecule has 0 aromatic heterocycles. The van der Waals surface area contributed by atoms with Crippen LogP contribution in [0, 0.1) is 0 Å². The van der Waals surface area contributed by atoms with Gasteiger partial charge in [0.1, 0.15) is 5.60 Å². The molecule has 1 rings (SSSR count). The van der Waals surface area contributed by atoms with E-state index in [0.717, 1.165) is 11.0 Å². The van der Waals surface area contributed by atoms with Crippen LogP contribution in [0.4, 0.5) is 4.79 Å². The summed E-state index contributed by atoms with van der Waals surface area (Å²) in [6.07, 6.45) is -0.427. The summed E-state index contributed by atoms with van der Waals surface area (Å²) in [5, 5.41) is 11.6. The molecule has 5 heteroatoms. The summed E-state index contributed by atoms with van der Waals surface area (Å²) in [4.78, 5) is 11.4. The molecule has 0 unspecified atom stereocenters. The first-order chi connectivity index (χ1) is 7.90. The number of ether oxygens (including phenoxy) is 1. The molecule has 92 valence electrons. The summed E-state index contributed by atoms with van der Waals surface area (Å²) in [6, 6.07) is 7.38. The number of hydrogen-bond acceptors (Lipinski definition) is 3. The summed E-state index contributed by atoms with van der Waals surface area (Å²) in [7, 11) is 0.0276.